The Balaban J connectivity index is 2.05. The van der Waals surface area contributed by atoms with Crippen molar-refractivity contribution in [1.29, 1.82) is 0 Å². The van der Waals surface area contributed by atoms with E-state index in [0.29, 0.717) is 11.7 Å². The Kier molecular flexibility index (Phi) is 2.22. The third kappa shape index (κ3) is 1.82. The highest BCUT2D eigenvalue weighted by atomic mass is 16.5. The number of hydrogen-bond donors (Lipinski definition) is 1. The van der Waals surface area contributed by atoms with Crippen LogP contribution in [0.3, 0.4) is 0 Å². The summed E-state index contributed by atoms with van der Waals surface area (Å²) in [6, 6.07) is 9.82. The smallest absolute Gasteiger partial charge is 0.223 e. The predicted molar refractivity (Wildman–Crippen MR) is 62.1 cm³/mol. The fourth-order valence-electron chi connectivity index (χ4n) is 1.66. The van der Waals surface area contributed by atoms with Crippen LogP contribution in [-0.2, 0) is 0 Å². The van der Waals surface area contributed by atoms with Gasteiger partial charge in [0, 0.05) is 24.2 Å². The second-order valence-corrected chi connectivity index (χ2v) is 3.69. The number of rotatable bonds is 2. The zero-order chi connectivity index (χ0) is 11.7. The van der Waals surface area contributed by atoms with Crippen LogP contribution in [0.25, 0.3) is 22.6 Å². The maximum absolute atomic E-state index is 4.97. The molecule has 0 saturated heterocycles. The minimum atomic E-state index is 0.562. The Hall–Kier alpha value is -2.43. The van der Waals surface area contributed by atoms with Crippen LogP contribution < -0.4 is 0 Å². The molecule has 2 aromatic heterocycles. The van der Waals surface area contributed by atoms with E-state index >= 15 is 0 Å². The number of aromatic amines is 1. The minimum absolute atomic E-state index is 0.562. The van der Waals surface area contributed by atoms with Gasteiger partial charge in [0.15, 0.2) is 0 Å². The number of aryl methyl sites for hydroxylation is 1. The van der Waals surface area contributed by atoms with Crippen LogP contribution in [-0.4, -0.2) is 20.3 Å². The summed E-state index contributed by atoms with van der Waals surface area (Å²) in [4.78, 5) is 4.20. The van der Waals surface area contributed by atoms with Crippen LogP contribution >= 0.6 is 0 Å². The van der Waals surface area contributed by atoms with Gasteiger partial charge in [0.25, 0.3) is 0 Å². The maximum atomic E-state index is 4.97. The standard InChI is InChI=1S/C12H10N4O/c1-8-14-12(16-17-8)10-4-2-3-9(7-10)11-5-6-13-15-11/h2-7H,1H3,(H,13,15). The molecular formula is C12H10N4O. The van der Waals surface area contributed by atoms with E-state index in [4.69, 9.17) is 4.52 Å². The van der Waals surface area contributed by atoms with E-state index in [0.717, 1.165) is 16.8 Å². The first-order valence-corrected chi connectivity index (χ1v) is 5.23. The van der Waals surface area contributed by atoms with Crippen LogP contribution in [0.4, 0.5) is 0 Å². The van der Waals surface area contributed by atoms with Crippen LogP contribution in [0.1, 0.15) is 5.89 Å². The molecule has 0 unspecified atom stereocenters. The Bertz CT molecular complexity index is 628. The number of hydrogen-bond acceptors (Lipinski definition) is 4. The second-order valence-electron chi connectivity index (χ2n) is 3.69. The normalized spacial score (nSPS) is 10.6. The lowest BCUT2D eigenvalue weighted by molar-refractivity contribution is 0.394. The molecule has 1 aromatic carbocycles. The molecule has 0 radical (unpaired) electrons. The van der Waals surface area contributed by atoms with Crippen molar-refractivity contribution in [1.82, 2.24) is 20.3 Å². The summed E-state index contributed by atoms with van der Waals surface area (Å²) in [6.07, 6.45) is 1.72. The first kappa shape index (κ1) is 9.77. The molecule has 0 fully saturated rings. The molecule has 0 aliphatic heterocycles. The van der Waals surface area contributed by atoms with Gasteiger partial charge < -0.3 is 4.52 Å². The fraction of sp³-hybridized carbons (Fsp3) is 0.0833. The lowest BCUT2D eigenvalue weighted by atomic mass is 10.1. The predicted octanol–water partition coefficient (Wildman–Crippen LogP) is 2.44. The van der Waals surface area contributed by atoms with Gasteiger partial charge in [-0.15, -0.1) is 0 Å². The molecule has 3 aromatic rings. The zero-order valence-electron chi connectivity index (χ0n) is 9.21. The number of aromatic nitrogens is 4. The van der Waals surface area contributed by atoms with E-state index in [2.05, 4.69) is 20.3 Å². The molecule has 3 rings (SSSR count). The Morgan fingerprint density at radius 2 is 2.06 bits per heavy atom. The van der Waals surface area contributed by atoms with Crippen molar-refractivity contribution in [2.75, 3.05) is 0 Å². The monoisotopic (exact) mass is 226 g/mol. The van der Waals surface area contributed by atoms with Gasteiger partial charge in [-0.1, -0.05) is 23.4 Å². The lowest BCUT2D eigenvalue weighted by Crippen LogP contribution is -1.83. The summed E-state index contributed by atoms with van der Waals surface area (Å²) in [5, 5.41) is 10.7. The summed E-state index contributed by atoms with van der Waals surface area (Å²) in [5.41, 5.74) is 2.93. The van der Waals surface area contributed by atoms with Crippen molar-refractivity contribution in [3.63, 3.8) is 0 Å². The SMILES string of the molecule is Cc1nc(-c2cccc(-c3ccn[nH]3)c2)no1. The fourth-order valence-corrected chi connectivity index (χ4v) is 1.66. The maximum Gasteiger partial charge on any atom is 0.223 e. The minimum Gasteiger partial charge on any atom is -0.339 e. The van der Waals surface area contributed by atoms with Gasteiger partial charge in [-0.2, -0.15) is 10.1 Å². The molecule has 0 amide bonds. The van der Waals surface area contributed by atoms with Gasteiger partial charge in [0.1, 0.15) is 0 Å². The molecule has 17 heavy (non-hydrogen) atoms. The largest absolute Gasteiger partial charge is 0.339 e. The summed E-state index contributed by atoms with van der Waals surface area (Å²) in [7, 11) is 0. The van der Waals surface area contributed by atoms with Crippen molar-refractivity contribution < 1.29 is 4.52 Å². The Morgan fingerprint density at radius 1 is 1.18 bits per heavy atom. The number of nitrogens with zero attached hydrogens (tertiary/aromatic N) is 3. The first-order valence-electron chi connectivity index (χ1n) is 5.23. The third-order valence-electron chi connectivity index (χ3n) is 2.46. The van der Waals surface area contributed by atoms with Gasteiger partial charge in [-0.3, -0.25) is 5.10 Å². The van der Waals surface area contributed by atoms with Crippen molar-refractivity contribution in [2.24, 2.45) is 0 Å². The van der Waals surface area contributed by atoms with Crippen molar-refractivity contribution in [3.05, 3.63) is 42.4 Å². The number of H-pyrrole nitrogens is 1. The van der Waals surface area contributed by atoms with Crippen LogP contribution in [0, 0.1) is 6.92 Å². The molecule has 0 aliphatic carbocycles. The van der Waals surface area contributed by atoms with Crippen LogP contribution in [0.15, 0.2) is 41.1 Å². The van der Waals surface area contributed by atoms with E-state index in [1.54, 1.807) is 13.1 Å². The molecule has 84 valence electrons. The number of benzene rings is 1. The van der Waals surface area contributed by atoms with E-state index in [-0.39, 0.29) is 0 Å². The Labute approximate surface area is 97.5 Å². The summed E-state index contributed by atoms with van der Waals surface area (Å²) in [5.74, 6) is 1.16. The first-order chi connectivity index (χ1) is 8.33. The molecule has 2 heterocycles. The average molecular weight is 226 g/mol. The highest BCUT2D eigenvalue weighted by Crippen LogP contribution is 2.22. The average Bonchev–Trinajstić information content (AvgIpc) is 3.00. The summed E-state index contributed by atoms with van der Waals surface area (Å²) in [6.45, 7) is 1.77. The highest BCUT2D eigenvalue weighted by Gasteiger charge is 2.07. The van der Waals surface area contributed by atoms with Crippen LogP contribution in [0.2, 0.25) is 0 Å². The number of nitrogens with one attached hydrogen (secondary N) is 1. The molecule has 0 bridgehead atoms. The third-order valence-corrected chi connectivity index (χ3v) is 2.46. The van der Waals surface area contributed by atoms with Gasteiger partial charge in [-0.05, 0) is 12.1 Å². The van der Waals surface area contributed by atoms with Gasteiger partial charge in [0.2, 0.25) is 11.7 Å². The molecule has 0 saturated carbocycles. The van der Waals surface area contributed by atoms with E-state index in [9.17, 15) is 0 Å². The molecule has 5 nitrogen and oxygen atoms in total. The molecule has 0 atom stereocenters. The summed E-state index contributed by atoms with van der Waals surface area (Å²) < 4.78 is 4.97. The van der Waals surface area contributed by atoms with Gasteiger partial charge in [0.05, 0.1) is 5.69 Å². The van der Waals surface area contributed by atoms with Crippen molar-refractivity contribution in [2.45, 2.75) is 6.92 Å². The molecule has 1 N–H and O–H groups in total. The topological polar surface area (TPSA) is 67.6 Å². The molecule has 5 heteroatoms. The van der Waals surface area contributed by atoms with Crippen molar-refractivity contribution in [3.8, 4) is 22.6 Å². The van der Waals surface area contributed by atoms with E-state index in [1.807, 2.05) is 30.3 Å². The van der Waals surface area contributed by atoms with Gasteiger partial charge >= 0.3 is 0 Å². The quantitative estimate of drug-likeness (QED) is 0.728. The summed E-state index contributed by atoms with van der Waals surface area (Å²) >= 11 is 0. The highest BCUT2D eigenvalue weighted by molar-refractivity contribution is 5.67. The zero-order valence-corrected chi connectivity index (χ0v) is 9.21. The van der Waals surface area contributed by atoms with Crippen LogP contribution in [0.5, 0.6) is 0 Å². The van der Waals surface area contributed by atoms with E-state index < -0.39 is 0 Å². The molecule has 0 spiro atoms. The Morgan fingerprint density at radius 3 is 2.76 bits per heavy atom. The second kappa shape index (κ2) is 3.86. The lowest BCUT2D eigenvalue weighted by Gasteiger charge is -1.99. The molecular weight excluding hydrogens is 216 g/mol. The van der Waals surface area contributed by atoms with E-state index in [1.165, 1.54) is 0 Å². The van der Waals surface area contributed by atoms with Gasteiger partial charge in [-0.25, -0.2) is 0 Å². The molecule has 0 aliphatic rings. The van der Waals surface area contributed by atoms with Crippen molar-refractivity contribution >= 4 is 0 Å².